The molecule has 2 aliphatic rings. The van der Waals surface area contributed by atoms with Crippen LogP contribution in [0.3, 0.4) is 0 Å². The van der Waals surface area contributed by atoms with E-state index in [0.29, 0.717) is 23.0 Å². The Morgan fingerprint density at radius 3 is 2.61 bits per heavy atom. The average Bonchev–Trinajstić information content (AvgIpc) is 2.71. The lowest BCUT2D eigenvalue weighted by Gasteiger charge is -2.33. The van der Waals surface area contributed by atoms with Gasteiger partial charge < -0.3 is 15.1 Å². The summed E-state index contributed by atoms with van der Waals surface area (Å²) in [4.78, 5) is 22.1. The van der Waals surface area contributed by atoms with Gasteiger partial charge in [0.2, 0.25) is 5.91 Å². The van der Waals surface area contributed by atoms with Crippen LogP contribution in [0.1, 0.15) is 38.5 Å². The molecule has 0 unspecified atom stereocenters. The zero-order valence-corrected chi connectivity index (χ0v) is 17.3. The first-order chi connectivity index (χ1) is 13.6. The molecule has 1 saturated carbocycles. The van der Waals surface area contributed by atoms with Crippen LogP contribution in [0.25, 0.3) is 10.9 Å². The van der Waals surface area contributed by atoms with Crippen molar-refractivity contribution in [2.45, 2.75) is 38.5 Å². The number of fused-ring (bicyclic) bond motifs is 1. The molecule has 1 aliphatic heterocycles. The lowest BCUT2D eigenvalue weighted by Crippen LogP contribution is -2.44. The third-order valence-corrected chi connectivity index (χ3v) is 6.41. The van der Waals surface area contributed by atoms with Crippen molar-refractivity contribution in [1.29, 1.82) is 0 Å². The normalized spacial score (nSPS) is 19.1. The van der Waals surface area contributed by atoms with Crippen LogP contribution in [-0.4, -0.2) is 49.0 Å². The molecule has 0 spiro atoms. The quantitative estimate of drug-likeness (QED) is 0.817. The molecule has 1 N–H and O–H groups in total. The molecule has 2 heterocycles. The van der Waals surface area contributed by atoms with Gasteiger partial charge in [0.1, 0.15) is 5.82 Å². The molecule has 150 valence electrons. The van der Waals surface area contributed by atoms with Gasteiger partial charge in [0.25, 0.3) is 0 Å². The zero-order chi connectivity index (χ0) is 19.5. The summed E-state index contributed by atoms with van der Waals surface area (Å²) in [5, 5.41) is 4.55. The number of rotatable bonds is 4. The van der Waals surface area contributed by atoms with Crippen LogP contribution in [0, 0.1) is 5.92 Å². The SMILES string of the molecule is CN1CCN(c2ccc3c(NC(=O)CC4CCCCC4)c(Cl)ccc3n2)CC1. The average molecular weight is 401 g/mol. The standard InChI is InChI=1S/C22H29ClN4O/c1-26-11-13-27(14-12-26)20-10-7-17-19(24-20)9-8-18(23)22(17)25-21(28)15-16-5-3-2-4-6-16/h7-10,16H,2-6,11-15H2,1H3,(H,25,28). The fourth-order valence-electron chi connectivity index (χ4n) is 4.35. The number of carbonyl (C=O) groups excluding carboxylic acids is 1. The molecule has 0 atom stereocenters. The number of amides is 1. The van der Waals surface area contributed by atoms with Crippen molar-refractivity contribution < 1.29 is 4.79 Å². The Kier molecular flexibility index (Phi) is 6.02. The lowest BCUT2D eigenvalue weighted by atomic mass is 9.87. The topological polar surface area (TPSA) is 48.5 Å². The van der Waals surface area contributed by atoms with E-state index in [9.17, 15) is 4.79 Å². The van der Waals surface area contributed by atoms with Crippen LogP contribution < -0.4 is 10.2 Å². The molecule has 1 saturated heterocycles. The molecule has 6 heteroatoms. The molecule has 0 radical (unpaired) electrons. The maximum Gasteiger partial charge on any atom is 0.224 e. The first-order valence-electron chi connectivity index (χ1n) is 10.4. The fourth-order valence-corrected chi connectivity index (χ4v) is 4.56. The van der Waals surface area contributed by atoms with Crippen molar-refractivity contribution in [3.63, 3.8) is 0 Å². The van der Waals surface area contributed by atoms with E-state index in [1.807, 2.05) is 24.3 Å². The number of hydrogen-bond acceptors (Lipinski definition) is 4. The fraction of sp³-hybridized carbons (Fsp3) is 0.545. The molecule has 1 amide bonds. The summed E-state index contributed by atoms with van der Waals surface area (Å²) >= 11 is 6.44. The molecule has 1 aromatic heterocycles. The second kappa shape index (κ2) is 8.66. The highest BCUT2D eigenvalue weighted by Gasteiger charge is 2.20. The molecule has 28 heavy (non-hydrogen) atoms. The van der Waals surface area contributed by atoms with E-state index in [4.69, 9.17) is 16.6 Å². The van der Waals surface area contributed by atoms with Crippen LogP contribution in [0.15, 0.2) is 24.3 Å². The van der Waals surface area contributed by atoms with Gasteiger partial charge in [-0.3, -0.25) is 4.79 Å². The third-order valence-electron chi connectivity index (χ3n) is 6.10. The number of benzene rings is 1. The molecular formula is C22H29ClN4O. The summed E-state index contributed by atoms with van der Waals surface area (Å²) in [7, 11) is 2.15. The molecule has 2 fully saturated rings. The minimum absolute atomic E-state index is 0.0597. The number of pyridine rings is 1. The van der Waals surface area contributed by atoms with Crippen LogP contribution in [0.2, 0.25) is 5.02 Å². The zero-order valence-electron chi connectivity index (χ0n) is 16.6. The number of hydrogen-bond donors (Lipinski definition) is 1. The van der Waals surface area contributed by atoms with E-state index < -0.39 is 0 Å². The minimum Gasteiger partial charge on any atom is -0.354 e. The van der Waals surface area contributed by atoms with Gasteiger partial charge in [-0.05, 0) is 50.1 Å². The van der Waals surface area contributed by atoms with Crippen molar-refractivity contribution in [2.24, 2.45) is 5.92 Å². The predicted octanol–water partition coefficient (Wildman–Crippen LogP) is 4.55. The Hall–Kier alpha value is -1.85. The maximum absolute atomic E-state index is 12.6. The van der Waals surface area contributed by atoms with E-state index in [2.05, 4.69) is 22.2 Å². The number of piperazine rings is 1. The number of likely N-dealkylation sites (N-methyl/N-ethyl adjacent to an activating group) is 1. The summed E-state index contributed by atoms with van der Waals surface area (Å²) in [5.74, 6) is 1.55. The second-order valence-electron chi connectivity index (χ2n) is 8.21. The van der Waals surface area contributed by atoms with Gasteiger partial charge in [0, 0.05) is 38.0 Å². The summed E-state index contributed by atoms with van der Waals surface area (Å²) < 4.78 is 0. The number of carbonyl (C=O) groups is 1. The highest BCUT2D eigenvalue weighted by Crippen LogP contribution is 2.33. The van der Waals surface area contributed by atoms with Gasteiger partial charge in [-0.1, -0.05) is 30.9 Å². The lowest BCUT2D eigenvalue weighted by molar-refractivity contribution is -0.117. The van der Waals surface area contributed by atoms with Gasteiger partial charge in [0.05, 0.1) is 16.2 Å². The Labute approximate surface area is 172 Å². The third kappa shape index (κ3) is 4.41. The van der Waals surface area contributed by atoms with Crippen molar-refractivity contribution >= 4 is 39.9 Å². The Balaban J connectivity index is 1.52. The number of nitrogens with zero attached hydrogens (tertiary/aromatic N) is 3. The molecule has 4 rings (SSSR count). The van der Waals surface area contributed by atoms with E-state index >= 15 is 0 Å². The predicted molar refractivity (Wildman–Crippen MR) is 116 cm³/mol. The summed E-state index contributed by atoms with van der Waals surface area (Å²) in [6.07, 6.45) is 6.69. The molecule has 1 aliphatic carbocycles. The van der Waals surface area contributed by atoms with Crippen LogP contribution in [0.4, 0.5) is 11.5 Å². The molecule has 2 aromatic rings. The van der Waals surface area contributed by atoms with E-state index in [1.54, 1.807) is 0 Å². The highest BCUT2D eigenvalue weighted by molar-refractivity contribution is 6.35. The van der Waals surface area contributed by atoms with Crippen molar-refractivity contribution in [3.05, 3.63) is 29.3 Å². The first-order valence-corrected chi connectivity index (χ1v) is 10.8. The molecule has 1 aromatic carbocycles. The Morgan fingerprint density at radius 2 is 1.86 bits per heavy atom. The minimum atomic E-state index is 0.0597. The van der Waals surface area contributed by atoms with Crippen LogP contribution in [-0.2, 0) is 4.79 Å². The number of anilines is 2. The molecular weight excluding hydrogens is 372 g/mol. The highest BCUT2D eigenvalue weighted by atomic mass is 35.5. The first kappa shape index (κ1) is 19.5. The van der Waals surface area contributed by atoms with Crippen molar-refractivity contribution in [1.82, 2.24) is 9.88 Å². The number of nitrogens with one attached hydrogen (secondary N) is 1. The molecule has 0 bridgehead atoms. The number of halogens is 1. The Bertz CT molecular complexity index is 842. The smallest absolute Gasteiger partial charge is 0.224 e. The second-order valence-corrected chi connectivity index (χ2v) is 8.61. The monoisotopic (exact) mass is 400 g/mol. The van der Waals surface area contributed by atoms with Gasteiger partial charge >= 0.3 is 0 Å². The summed E-state index contributed by atoms with van der Waals surface area (Å²) in [6, 6.07) is 7.85. The largest absolute Gasteiger partial charge is 0.354 e. The van der Waals surface area contributed by atoms with Crippen molar-refractivity contribution in [2.75, 3.05) is 43.4 Å². The van der Waals surface area contributed by atoms with Crippen molar-refractivity contribution in [3.8, 4) is 0 Å². The summed E-state index contributed by atoms with van der Waals surface area (Å²) in [6.45, 7) is 4.05. The van der Waals surface area contributed by atoms with Gasteiger partial charge in [-0.15, -0.1) is 0 Å². The van der Waals surface area contributed by atoms with Crippen LogP contribution in [0.5, 0.6) is 0 Å². The maximum atomic E-state index is 12.6. The Morgan fingerprint density at radius 1 is 1.11 bits per heavy atom. The van der Waals surface area contributed by atoms with Gasteiger partial charge in [-0.2, -0.15) is 0 Å². The van der Waals surface area contributed by atoms with E-state index in [-0.39, 0.29) is 5.91 Å². The molecule has 5 nitrogen and oxygen atoms in total. The number of aromatic nitrogens is 1. The van der Waals surface area contributed by atoms with Gasteiger partial charge in [0.15, 0.2) is 0 Å². The van der Waals surface area contributed by atoms with E-state index in [0.717, 1.165) is 55.7 Å². The van der Waals surface area contributed by atoms with E-state index in [1.165, 1.54) is 19.3 Å². The van der Waals surface area contributed by atoms with Gasteiger partial charge in [-0.25, -0.2) is 4.98 Å². The van der Waals surface area contributed by atoms with Crippen LogP contribution >= 0.6 is 11.6 Å². The summed E-state index contributed by atoms with van der Waals surface area (Å²) in [5.41, 5.74) is 1.56.